The van der Waals surface area contributed by atoms with Crippen molar-refractivity contribution in [3.05, 3.63) is 64.7 Å². The summed E-state index contributed by atoms with van der Waals surface area (Å²) in [6.45, 7) is -0.430. The summed E-state index contributed by atoms with van der Waals surface area (Å²) in [5.41, 5.74) is -0.462. The Balaban J connectivity index is 2.23. The lowest BCUT2D eigenvalue weighted by atomic mass is 10.2. The molecule has 0 aliphatic rings. The first-order valence-electron chi connectivity index (χ1n) is 8.01. The zero-order valence-corrected chi connectivity index (χ0v) is 16.6. The van der Waals surface area contributed by atoms with Crippen molar-refractivity contribution < 1.29 is 26.4 Å². The number of amides is 1. The van der Waals surface area contributed by atoms with E-state index in [1.165, 1.54) is 18.0 Å². The van der Waals surface area contributed by atoms with Crippen LogP contribution in [0.1, 0.15) is 11.1 Å². The average Bonchev–Trinajstić information content (AvgIpc) is 2.59. The van der Waals surface area contributed by atoms with Crippen LogP contribution >= 0.6 is 11.6 Å². The first-order chi connectivity index (χ1) is 12.9. The van der Waals surface area contributed by atoms with E-state index in [1.54, 1.807) is 24.3 Å². The number of likely N-dealkylation sites (N-methyl/N-ethyl adjacent to an activating group) is 1. The predicted octanol–water partition coefficient (Wildman–Crippen LogP) is 3.78. The van der Waals surface area contributed by atoms with Gasteiger partial charge in [-0.05, 0) is 35.9 Å². The van der Waals surface area contributed by atoms with Crippen LogP contribution in [0.15, 0.2) is 48.5 Å². The third kappa shape index (κ3) is 5.87. The van der Waals surface area contributed by atoms with E-state index in [4.69, 9.17) is 11.6 Å². The van der Waals surface area contributed by atoms with Gasteiger partial charge in [0.05, 0.1) is 17.5 Å². The van der Waals surface area contributed by atoms with Gasteiger partial charge < -0.3 is 4.90 Å². The van der Waals surface area contributed by atoms with Gasteiger partial charge >= 0.3 is 6.18 Å². The normalized spacial score (nSPS) is 11.9. The highest BCUT2D eigenvalue weighted by Crippen LogP contribution is 2.32. The topological polar surface area (TPSA) is 57.7 Å². The molecule has 0 atom stereocenters. The van der Waals surface area contributed by atoms with Crippen LogP contribution in [0, 0.1) is 0 Å². The fourth-order valence-electron chi connectivity index (χ4n) is 2.43. The maximum Gasteiger partial charge on any atom is 0.416 e. The molecule has 2 aromatic carbocycles. The van der Waals surface area contributed by atoms with Crippen LogP contribution in [0.5, 0.6) is 0 Å². The zero-order chi connectivity index (χ0) is 21.1. The van der Waals surface area contributed by atoms with Gasteiger partial charge in [0, 0.05) is 18.6 Å². The minimum Gasteiger partial charge on any atom is -0.340 e. The molecule has 0 unspecified atom stereocenters. The number of nitrogens with zero attached hydrogens (tertiary/aromatic N) is 2. The summed E-state index contributed by atoms with van der Waals surface area (Å²) in [6, 6.07) is 10.6. The lowest BCUT2D eigenvalue weighted by molar-refractivity contribution is -0.137. The van der Waals surface area contributed by atoms with Crippen LogP contribution < -0.4 is 4.31 Å². The number of benzene rings is 2. The molecule has 0 saturated heterocycles. The van der Waals surface area contributed by atoms with E-state index < -0.39 is 34.2 Å². The van der Waals surface area contributed by atoms with Crippen molar-refractivity contribution in [3.63, 3.8) is 0 Å². The van der Waals surface area contributed by atoms with Crippen LogP contribution in [0.2, 0.25) is 5.02 Å². The molecule has 2 rings (SSSR count). The van der Waals surface area contributed by atoms with Crippen LogP contribution in [0.4, 0.5) is 18.9 Å². The molecule has 2 aromatic rings. The molecule has 28 heavy (non-hydrogen) atoms. The molecular weight excluding hydrogens is 417 g/mol. The molecule has 0 aliphatic heterocycles. The minimum absolute atomic E-state index is 0.191. The van der Waals surface area contributed by atoms with Crippen LogP contribution in [0.25, 0.3) is 0 Å². The number of alkyl halides is 3. The fourth-order valence-corrected chi connectivity index (χ4v) is 3.40. The molecule has 0 N–H and O–H groups in total. The third-order valence-electron chi connectivity index (χ3n) is 3.90. The molecule has 1 amide bonds. The van der Waals surface area contributed by atoms with E-state index in [2.05, 4.69) is 0 Å². The maximum absolute atomic E-state index is 12.9. The molecule has 0 heterocycles. The van der Waals surface area contributed by atoms with Crippen molar-refractivity contribution in [2.45, 2.75) is 12.7 Å². The number of carbonyl (C=O) groups is 1. The molecule has 0 spiro atoms. The quantitative estimate of drug-likeness (QED) is 0.695. The maximum atomic E-state index is 12.9. The van der Waals surface area contributed by atoms with Crippen molar-refractivity contribution in [1.82, 2.24) is 4.90 Å². The summed E-state index contributed by atoms with van der Waals surface area (Å²) < 4.78 is 63.7. The van der Waals surface area contributed by atoms with Crippen molar-refractivity contribution >= 4 is 33.2 Å². The number of anilines is 1. The summed E-state index contributed by atoms with van der Waals surface area (Å²) in [5, 5.41) is 0.533. The van der Waals surface area contributed by atoms with Crippen LogP contribution in [-0.4, -0.2) is 39.1 Å². The Morgan fingerprint density at radius 1 is 1.11 bits per heavy atom. The van der Waals surface area contributed by atoms with E-state index in [1.807, 2.05) is 0 Å². The smallest absolute Gasteiger partial charge is 0.340 e. The highest BCUT2D eigenvalue weighted by molar-refractivity contribution is 7.92. The number of hydrogen-bond donors (Lipinski definition) is 0. The van der Waals surface area contributed by atoms with E-state index in [9.17, 15) is 26.4 Å². The van der Waals surface area contributed by atoms with Gasteiger partial charge in [-0.1, -0.05) is 29.8 Å². The Morgan fingerprint density at radius 2 is 1.71 bits per heavy atom. The molecular formula is C18H18ClF3N2O3S. The lowest BCUT2D eigenvalue weighted by Gasteiger charge is -2.25. The molecule has 0 bridgehead atoms. The second-order valence-electron chi connectivity index (χ2n) is 6.19. The molecule has 152 valence electrons. The second kappa shape index (κ2) is 8.40. The standard InChI is InChI=1S/C18H18ClF3N2O3S/c1-23(11-13-6-8-15(19)9-7-13)17(25)12-24(28(2,26)27)16-5-3-4-14(10-16)18(20,21)22/h3-10H,11-12H2,1-2H3. The number of carbonyl (C=O) groups excluding carboxylic acids is 1. The van der Waals surface area contributed by atoms with Gasteiger partial charge in [-0.2, -0.15) is 13.2 Å². The van der Waals surface area contributed by atoms with E-state index >= 15 is 0 Å². The minimum atomic E-state index is -4.63. The number of sulfonamides is 1. The molecule has 0 radical (unpaired) electrons. The van der Waals surface area contributed by atoms with Gasteiger partial charge in [0.25, 0.3) is 0 Å². The van der Waals surface area contributed by atoms with Crippen molar-refractivity contribution in [2.75, 3.05) is 24.2 Å². The first kappa shape index (κ1) is 22.0. The lowest BCUT2D eigenvalue weighted by Crippen LogP contribution is -2.41. The predicted molar refractivity (Wildman–Crippen MR) is 102 cm³/mol. The number of hydrogen-bond acceptors (Lipinski definition) is 3. The highest BCUT2D eigenvalue weighted by Gasteiger charge is 2.32. The summed E-state index contributed by atoms with van der Waals surface area (Å²) in [5.74, 6) is -0.571. The van der Waals surface area contributed by atoms with Gasteiger partial charge in [-0.3, -0.25) is 9.10 Å². The first-order valence-corrected chi connectivity index (χ1v) is 10.2. The molecule has 0 saturated carbocycles. The average molecular weight is 435 g/mol. The molecule has 5 nitrogen and oxygen atoms in total. The van der Waals surface area contributed by atoms with Crippen LogP contribution in [0.3, 0.4) is 0 Å². The number of halogens is 4. The van der Waals surface area contributed by atoms with Gasteiger partial charge in [-0.25, -0.2) is 8.42 Å². The molecule has 10 heteroatoms. The SMILES string of the molecule is CN(Cc1ccc(Cl)cc1)C(=O)CN(c1cccc(C(F)(F)F)c1)S(C)(=O)=O. The van der Waals surface area contributed by atoms with Crippen molar-refractivity contribution in [1.29, 1.82) is 0 Å². The molecule has 0 aromatic heterocycles. The Morgan fingerprint density at radius 3 is 2.25 bits per heavy atom. The molecule has 0 aliphatic carbocycles. The highest BCUT2D eigenvalue weighted by atomic mass is 35.5. The zero-order valence-electron chi connectivity index (χ0n) is 15.1. The largest absolute Gasteiger partial charge is 0.416 e. The van der Waals surface area contributed by atoms with Gasteiger partial charge in [-0.15, -0.1) is 0 Å². The van der Waals surface area contributed by atoms with Crippen molar-refractivity contribution in [2.24, 2.45) is 0 Å². The van der Waals surface area contributed by atoms with Gasteiger partial charge in [0.2, 0.25) is 15.9 Å². The second-order valence-corrected chi connectivity index (χ2v) is 8.54. The van der Waals surface area contributed by atoms with E-state index in [0.717, 1.165) is 24.0 Å². The Kier molecular flexibility index (Phi) is 6.61. The fraction of sp³-hybridized carbons (Fsp3) is 0.278. The van der Waals surface area contributed by atoms with Crippen molar-refractivity contribution in [3.8, 4) is 0 Å². The van der Waals surface area contributed by atoms with Gasteiger partial charge in [0.1, 0.15) is 6.54 Å². The van der Waals surface area contributed by atoms with E-state index in [0.29, 0.717) is 15.4 Å². The monoisotopic (exact) mass is 434 g/mol. The van der Waals surface area contributed by atoms with E-state index in [-0.39, 0.29) is 12.2 Å². The summed E-state index contributed by atoms with van der Waals surface area (Å²) in [4.78, 5) is 13.8. The van der Waals surface area contributed by atoms with Gasteiger partial charge in [0.15, 0.2) is 0 Å². The summed E-state index contributed by atoms with van der Waals surface area (Å²) in [6.07, 6.45) is -3.80. The summed E-state index contributed by atoms with van der Waals surface area (Å²) >= 11 is 5.81. The van der Waals surface area contributed by atoms with Crippen LogP contribution in [-0.2, 0) is 27.5 Å². The Hall–Kier alpha value is -2.26. The number of rotatable bonds is 6. The molecule has 0 fully saturated rings. The Labute approximate surface area is 166 Å². The third-order valence-corrected chi connectivity index (χ3v) is 5.29. The Bertz CT molecular complexity index is 947. The summed E-state index contributed by atoms with van der Waals surface area (Å²) in [7, 11) is -2.51.